The van der Waals surface area contributed by atoms with Gasteiger partial charge in [0.2, 0.25) is 0 Å². The first-order valence-electron chi connectivity index (χ1n) is 9.95. The third-order valence-corrected chi connectivity index (χ3v) is 5.78. The molecule has 5 rings (SSSR count). The number of rotatable bonds is 3. The third kappa shape index (κ3) is 3.19. The minimum atomic E-state index is 0.0200. The first-order chi connectivity index (χ1) is 13.8. The van der Waals surface area contributed by atoms with E-state index in [9.17, 15) is 4.79 Å². The standard InChI is InChI=1S/C20H23N7O/c28-20(16-5-8-21-22-13-16)26-11-6-15(7-12-26)19-23-18-4-3-17(14-27(18)24-19)25-9-1-2-10-25/h3-5,8,13-15H,1-2,6-7,9-12H2. The molecule has 2 aliphatic rings. The fourth-order valence-corrected chi connectivity index (χ4v) is 4.17. The van der Waals surface area contributed by atoms with Crippen molar-refractivity contribution in [2.45, 2.75) is 31.6 Å². The summed E-state index contributed by atoms with van der Waals surface area (Å²) in [6.07, 6.45) is 9.43. The normalized spacial score (nSPS) is 18.1. The van der Waals surface area contributed by atoms with Crippen LogP contribution in [-0.2, 0) is 0 Å². The number of fused-ring (bicyclic) bond motifs is 1. The highest BCUT2D eigenvalue weighted by molar-refractivity contribution is 5.93. The molecule has 0 radical (unpaired) electrons. The lowest BCUT2D eigenvalue weighted by molar-refractivity contribution is 0.0710. The minimum Gasteiger partial charge on any atom is -0.370 e. The van der Waals surface area contributed by atoms with Gasteiger partial charge in [-0.1, -0.05) is 0 Å². The van der Waals surface area contributed by atoms with Gasteiger partial charge in [0.25, 0.3) is 5.91 Å². The van der Waals surface area contributed by atoms with Gasteiger partial charge >= 0.3 is 0 Å². The van der Waals surface area contributed by atoms with E-state index < -0.39 is 0 Å². The van der Waals surface area contributed by atoms with Crippen molar-refractivity contribution in [1.29, 1.82) is 0 Å². The molecule has 5 heterocycles. The second-order valence-electron chi connectivity index (χ2n) is 7.55. The number of hydrogen-bond donors (Lipinski definition) is 0. The molecule has 8 heteroatoms. The van der Waals surface area contributed by atoms with Crippen molar-refractivity contribution < 1.29 is 4.79 Å². The van der Waals surface area contributed by atoms with E-state index in [2.05, 4.69) is 33.4 Å². The van der Waals surface area contributed by atoms with E-state index in [0.29, 0.717) is 18.7 Å². The zero-order chi connectivity index (χ0) is 18.9. The molecule has 0 saturated carbocycles. The molecular weight excluding hydrogens is 354 g/mol. The molecule has 0 spiro atoms. The van der Waals surface area contributed by atoms with Gasteiger partial charge in [-0.05, 0) is 43.9 Å². The molecule has 3 aromatic heterocycles. The zero-order valence-corrected chi connectivity index (χ0v) is 15.7. The monoisotopic (exact) mass is 377 g/mol. The van der Waals surface area contributed by atoms with E-state index in [0.717, 1.165) is 37.4 Å². The summed E-state index contributed by atoms with van der Waals surface area (Å²) >= 11 is 0. The number of hydrogen-bond acceptors (Lipinski definition) is 6. The number of nitrogens with zero attached hydrogens (tertiary/aromatic N) is 7. The van der Waals surface area contributed by atoms with Crippen molar-refractivity contribution in [3.8, 4) is 0 Å². The Morgan fingerprint density at radius 2 is 1.82 bits per heavy atom. The second-order valence-corrected chi connectivity index (χ2v) is 7.55. The number of piperidine rings is 1. The minimum absolute atomic E-state index is 0.0200. The Hall–Kier alpha value is -3.03. The van der Waals surface area contributed by atoms with Crippen molar-refractivity contribution in [1.82, 2.24) is 29.7 Å². The Kier molecular flexibility index (Phi) is 4.38. The van der Waals surface area contributed by atoms with Crippen LogP contribution < -0.4 is 4.90 Å². The quantitative estimate of drug-likeness (QED) is 0.696. The van der Waals surface area contributed by atoms with Gasteiger partial charge in [-0.15, -0.1) is 0 Å². The molecule has 2 aliphatic heterocycles. The van der Waals surface area contributed by atoms with Gasteiger partial charge < -0.3 is 9.80 Å². The summed E-state index contributed by atoms with van der Waals surface area (Å²) in [5.74, 6) is 1.19. The lowest BCUT2D eigenvalue weighted by atomic mass is 9.96. The van der Waals surface area contributed by atoms with Crippen LogP contribution in [0.3, 0.4) is 0 Å². The van der Waals surface area contributed by atoms with Crippen LogP contribution in [0.2, 0.25) is 0 Å². The number of likely N-dealkylation sites (tertiary alicyclic amines) is 1. The Morgan fingerprint density at radius 3 is 2.57 bits per heavy atom. The Labute approximate surface area is 163 Å². The smallest absolute Gasteiger partial charge is 0.255 e. The second kappa shape index (κ2) is 7.18. The van der Waals surface area contributed by atoms with Crippen LogP contribution in [0.15, 0.2) is 36.8 Å². The maximum absolute atomic E-state index is 12.6. The highest BCUT2D eigenvalue weighted by Gasteiger charge is 2.27. The average Bonchev–Trinajstić information content (AvgIpc) is 3.43. The fraction of sp³-hybridized carbons (Fsp3) is 0.450. The van der Waals surface area contributed by atoms with Crippen molar-refractivity contribution in [2.24, 2.45) is 0 Å². The van der Waals surface area contributed by atoms with E-state index in [1.165, 1.54) is 24.7 Å². The molecule has 144 valence electrons. The van der Waals surface area contributed by atoms with Crippen molar-refractivity contribution >= 4 is 17.2 Å². The topological polar surface area (TPSA) is 79.5 Å². The van der Waals surface area contributed by atoms with Gasteiger partial charge in [0, 0.05) is 32.1 Å². The molecule has 2 fully saturated rings. The SMILES string of the molecule is O=C(c1ccnnc1)N1CCC(c2nc3ccc(N4CCCC4)cn3n2)CC1. The molecule has 0 aromatic carbocycles. The number of anilines is 1. The number of carbonyl (C=O) groups excluding carboxylic acids is 1. The molecule has 1 amide bonds. The fourth-order valence-electron chi connectivity index (χ4n) is 4.17. The first kappa shape index (κ1) is 17.1. The molecule has 2 saturated heterocycles. The van der Waals surface area contributed by atoms with Gasteiger partial charge in [0.1, 0.15) is 0 Å². The van der Waals surface area contributed by atoms with Gasteiger partial charge in [0.15, 0.2) is 11.5 Å². The number of amides is 1. The van der Waals surface area contributed by atoms with Crippen LogP contribution >= 0.6 is 0 Å². The molecule has 28 heavy (non-hydrogen) atoms. The molecule has 3 aromatic rings. The summed E-state index contributed by atoms with van der Waals surface area (Å²) in [7, 11) is 0. The first-order valence-corrected chi connectivity index (χ1v) is 9.95. The predicted octanol–water partition coefficient (Wildman–Crippen LogP) is 2.14. The predicted molar refractivity (Wildman–Crippen MR) is 104 cm³/mol. The van der Waals surface area contributed by atoms with E-state index in [-0.39, 0.29) is 11.8 Å². The van der Waals surface area contributed by atoms with Gasteiger partial charge in [-0.3, -0.25) is 4.79 Å². The van der Waals surface area contributed by atoms with Gasteiger partial charge in [0.05, 0.1) is 29.8 Å². The average molecular weight is 377 g/mol. The number of aromatic nitrogens is 5. The molecule has 0 unspecified atom stereocenters. The van der Waals surface area contributed by atoms with E-state index in [1.54, 1.807) is 12.3 Å². The van der Waals surface area contributed by atoms with Crippen LogP contribution in [0, 0.1) is 0 Å². The van der Waals surface area contributed by atoms with Crippen LogP contribution in [0.1, 0.15) is 47.8 Å². The Balaban J connectivity index is 1.28. The van der Waals surface area contributed by atoms with E-state index in [4.69, 9.17) is 10.1 Å². The maximum atomic E-state index is 12.6. The Morgan fingerprint density at radius 1 is 1.00 bits per heavy atom. The van der Waals surface area contributed by atoms with Crippen LogP contribution in [0.4, 0.5) is 5.69 Å². The van der Waals surface area contributed by atoms with Crippen molar-refractivity contribution in [3.63, 3.8) is 0 Å². The van der Waals surface area contributed by atoms with Crippen LogP contribution in [0.25, 0.3) is 5.65 Å². The summed E-state index contributed by atoms with van der Waals surface area (Å²) in [5, 5.41) is 12.3. The van der Waals surface area contributed by atoms with Crippen molar-refractivity contribution in [3.05, 3.63) is 48.2 Å². The number of pyridine rings is 1. The zero-order valence-electron chi connectivity index (χ0n) is 15.7. The summed E-state index contributed by atoms with van der Waals surface area (Å²) in [4.78, 5) is 21.6. The molecule has 0 aliphatic carbocycles. The van der Waals surface area contributed by atoms with Gasteiger partial charge in [-0.25, -0.2) is 9.50 Å². The lowest BCUT2D eigenvalue weighted by Crippen LogP contribution is -2.38. The Bertz CT molecular complexity index is 973. The summed E-state index contributed by atoms with van der Waals surface area (Å²) in [6, 6.07) is 5.91. The van der Waals surface area contributed by atoms with Crippen LogP contribution in [0.5, 0.6) is 0 Å². The molecule has 8 nitrogen and oxygen atoms in total. The number of carbonyl (C=O) groups is 1. The lowest BCUT2D eigenvalue weighted by Gasteiger charge is -2.30. The highest BCUT2D eigenvalue weighted by Crippen LogP contribution is 2.28. The third-order valence-electron chi connectivity index (χ3n) is 5.78. The maximum Gasteiger partial charge on any atom is 0.255 e. The van der Waals surface area contributed by atoms with E-state index in [1.807, 2.05) is 9.42 Å². The van der Waals surface area contributed by atoms with Crippen molar-refractivity contribution in [2.75, 3.05) is 31.1 Å². The summed E-state index contributed by atoms with van der Waals surface area (Å²) in [6.45, 7) is 3.65. The molecule has 0 atom stereocenters. The largest absolute Gasteiger partial charge is 0.370 e. The molecular formula is C20H23N7O. The van der Waals surface area contributed by atoms with Crippen LogP contribution in [-0.4, -0.2) is 61.8 Å². The highest BCUT2D eigenvalue weighted by atomic mass is 16.2. The van der Waals surface area contributed by atoms with E-state index >= 15 is 0 Å². The van der Waals surface area contributed by atoms with Gasteiger partial charge in [-0.2, -0.15) is 15.3 Å². The summed E-state index contributed by atoms with van der Waals surface area (Å²) < 4.78 is 1.91. The summed E-state index contributed by atoms with van der Waals surface area (Å²) in [5.41, 5.74) is 2.70. The molecule has 0 bridgehead atoms. The molecule has 0 N–H and O–H groups in total.